The van der Waals surface area contributed by atoms with Crippen molar-refractivity contribution >= 4 is 29.2 Å². The SMILES string of the molecule is CSCCC(C)N(C)c1nc(C)nc(Cl)c1C. The molecule has 0 aliphatic heterocycles. The summed E-state index contributed by atoms with van der Waals surface area (Å²) in [6, 6.07) is 0.450. The zero-order valence-electron chi connectivity index (χ0n) is 11.1. The lowest BCUT2D eigenvalue weighted by atomic mass is 10.2. The Kier molecular flexibility index (Phi) is 5.53. The predicted octanol–water partition coefficient (Wildman–Crippen LogP) is 3.32. The average molecular weight is 274 g/mol. The molecule has 0 radical (unpaired) electrons. The summed E-state index contributed by atoms with van der Waals surface area (Å²) in [5.74, 6) is 2.82. The summed E-state index contributed by atoms with van der Waals surface area (Å²) in [5, 5.41) is 0.552. The molecule has 0 aliphatic rings. The molecule has 0 bridgehead atoms. The van der Waals surface area contributed by atoms with E-state index in [0.717, 1.165) is 29.4 Å². The van der Waals surface area contributed by atoms with Crippen molar-refractivity contribution in [3.05, 3.63) is 16.5 Å². The van der Waals surface area contributed by atoms with E-state index in [4.69, 9.17) is 11.6 Å². The minimum absolute atomic E-state index is 0.450. The molecule has 1 unspecified atom stereocenters. The Bertz CT molecular complexity index is 384. The average Bonchev–Trinajstić information content (AvgIpc) is 2.29. The minimum atomic E-state index is 0.450. The van der Waals surface area contributed by atoms with Crippen molar-refractivity contribution in [2.75, 3.05) is 24.0 Å². The van der Waals surface area contributed by atoms with Gasteiger partial charge in [0.25, 0.3) is 0 Å². The van der Waals surface area contributed by atoms with E-state index in [0.29, 0.717) is 11.2 Å². The van der Waals surface area contributed by atoms with Crippen molar-refractivity contribution in [2.45, 2.75) is 33.2 Å². The van der Waals surface area contributed by atoms with Crippen LogP contribution in [0, 0.1) is 13.8 Å². The molecule has 0 saturated carbocycles. The van der Waals surface area contributed by atoms with Gasteiger partial charge < -0.3 is 4.90 Å². The number of nitrogens with zero attached hydrogens (tertiary/aromatic N) is 3. The third-order valence-corrected chi connectivity index (χ3v) is 3.92. The summed E-state index contributed by atoms with van der Waals surface area (Å²) < 4.78 is 0. The first-order valence-electron chi connectivity index (χ1n) is 5.69. The Morgan fingerprint density at radius 3 is 2.59 bits per heavy atom. The van der Waals surface area contributed by atoms with Gasteiger partial charge in [-0.15, -0.1) is 0 Å². The van der Waals surface area contributed by atoms with Crippen LogP contribution in [0.25, 0.3) is 0 Å². The summed E-state index contributed by atoms with van der Waals surface area (Å²) in [6.07, 6.45) is 3.27. The van der Waals surface area contributed by atoms with E-state index in [9.17, 15) is 0 Å². The number of anilines is 1. The molecule has 1 rings (SSSR count). The quantitative estimate of drug-likeness (QED) is 0.770. The molecule has 1 aromatic heterocycles. The van der Waals surface area contributed by atoms with Crippen LogP contribution in [0.3, 0.4) is 0 Å². The molecule has 0 fully saturated rings. The molecule has 96 valence electrons. The van der Waals surface area contributed by atoms with Crippen molar-refractivity contribution in [3.63, 3.8) is 0 Å². The van der Waals surface area contributed by atoms with Crippen LogP contribution in [-0.2, 0) is 0 Å². The Hall–Kier alpha value is -0.480. The number of hydrogen-bond acceptors (Lipinski definition) is 4. The number of aryl methyl sites for hydroxylation is 1. The molecule has 0 aromatic carbocycles. The summed E-state index contributed by atoms with van der Waals surface area (Å²) in [5.41, 5.74) is 0.954. The zero-order valence-corrected chi connectivity index (χ0v) is 12.7. The van der Waals surface area contributed by atoms with Gasteiger partial charge in [-0.05, 0) is 39.2 Å². The van der Waals surface area contributed by atoms with Gasteiger partial charge in [0.05, 0.1) is 0 Å². The van der Waals surface area contributed by atoms with Crippen LogP contribution in [0.5, 0.6) is 0 Å². The van der Waals surface area contributed by atoms with Crippen LogP contribution >= 0.6 is 23.4 Å². The third-order valence-electron chi connectivity index (χ3n) is 2.91. The molecule has 1 heterocycles. The van der Waals surface area contributed by atoms with Gasteiger partial charge in [0, 0.05) is 18.7 Å². The second kappa shape index (κ2) is 6.45. The number of aromatic nitrogens is 2. The van der Waals surface area contributed by atoms with E-state index < -0.39 is 0 Å². The lowest BCUT2D eigenvalue weighted by Crippen LogP contribution is -2.31. The summed E-state index contributed by atoms with van der Waals surface area (Å²) in [6.45, 7) is 6.05. The lowest BCUT2D eigenvalue weighted by Gasteiger charge is -2.27. The summed E-state index contributed by atoms with van der Waals surface area (Å²) >= 11 is 7.96. The molecular weight excluding hydrogens is 254 g/mol. The highest BCUT2D eigenvalue weighted by Crippen LogP contribution is 2.24. The lowest BCUT2D eigenvalue weighted by molar-refractivity contribution is 0.658. The first kappa shape index (κ1) is 14.6. The molecule has 0 spiro atoms. The highest BCUT2D eigenvalue weighted by atomic mass is 35.5. The Balaban J connectivity index is 2.91. The molecule has 0 saturated heterocycles. The normalized spacial score (nSPS) is 12.6. The van der Waals surface area contributed by atoms with Crippen LogP contribution in [0.1, 0.15) is 24.7 Å². The number of thioether (sulfide) groups is 1. The molecule has 0 amide bonds. The van der Waals surface area contributed by atoms with Gasteiger partial charge in [-0.25, -0.2) is 9.97 Å². The largest absolute Gasteiger partial charge is 0.357 e. The topological polar surface area (TPSA) is 29.0 Å². The van der Waals surface area contributed by atoms with Crippen LogP contribution in [0.4, 0.5) is 5.82 Å². The van der Waals surface area contributed by atoms with Crippen LogP contribution in [0.15, 0.2) is 0 Å². The molecule has 3 nitrogen and oxygen atoms in total. The fraction of sp³-hybridized carbons (Fsp3) is 0.667. The molecule has 5 heteroatoms. The molecule has 1 atom stereocenters. The maximum absolute atomic E-state index is 6.09. The van der Waals surface area contributed by atoms with E-state index in [2.05, 4.69) is 35.1 Å². The van der Waals surface area contributed by atoms with Gasteiger partial charge >= 0.3 is 0 Å². The van der Waals surface area contributed by atoms with Gasteiger partial charge in [-0.3, -0.25) is 0 Å². The van der Waals surface area contributed by atoms with Crippen molar-refractivity contribution < 1.29 is 0 Å². The monoisotopic (exact) mass is 273 g/mol. The maximum Gasteiger partial charge on any atom is 0.137 e. The fourth-order valence-electron chi connectivity index (χ4n) is 1.61. The molecule has 0 aliphatic carbocycles. The Morgan fingerprint density at radius 2 is 2.00 bits per heavy atom. The van der Waals surface area contributed by atoms with E-state index in [1.807, 2.05) is 25.6 Å². The number of halogens is 1. The molecular formula is C12H20ClN3S. The first-order chi connectivity index (χ1) is 7.97. The fourth-order valence-corrected chi connectivity index (χ4v) is 2.40. The van der Waals surface area contributed by atoms with Crippen LogP contribution in [0.2, 0.25) is 5.15 Å². The predicted molar refractivity (Wildman–Crippen MR) is 77.4 cm³/mol. The second-order valence-electron chi connectivity index (χ2n) is 4.25. The Morgan fingerprint density at radius 1 is 1.35 bits per heavy atom. The van der Waals surface area contributed by atoms with E-state index in [1.165, 1.54) is 0 Å². The van der Waals surface area contributed by atoms with Crippen molar-refractivity contribution in [1.82, 2.24) is 9.97 Å². The van der Waals surface area contributed by atoms with Gasteiger partial charge in [-0.2, -0.15) is 11.8 Å². The van der Waals surface area contributed by atoms with E-state index >= 15 is 0 Å². The van der Waals surface area contributed by atoms with E-state index in [1.54, 1.807) is 0 Å². The van der Waals surface area contributed by atoms with E-state index in [-0.39, 0.29) is 0 Å². The smallest absolute Gasteiger partial charge is 0.137 e. The molecule has 0 N–H and O–H groups in total. The number of rotatable bonds is 5. The van der Waals surface area contributed by atoms with Gasteiger partial charge in [-0.1, -0.05) is 11.6 Å². The molecule has 1 aromatic rings. The standard InChI is InChI=1S/C12H20ClN3S/c1-8(6-7-17-5)16(4)12-9(2)11(13)14-10(3)15-12/h8H,6-7H2,1-5H3. The van der Waals surface area contributed by atoms with Gasteiger partial charge in [0.15, 0.2) is 0 Å². The third kappa shape index (κ3) is 3.75. The number of hydrogen-bond donors (Lipinski definition) is 0. The second-order valence-corrected chi connectivity index (χ2v) is 5.60. The van der Waals surface area contributed by atoms with Gasteiger partial charge in [0.1, 0.15) is 16.8 Å². The first-order valence-corrected chi connectivity index (χ1v) is 7.47. The van der Waals surface area contributed by atoms with Gasteiger partial charge in [0.2, 0.25) is 0 Å². The highest BCUT2D eigenvalue weighted by Gasteiger charge is 2.16. The van der Waals surface area contributed by atoms with Crippen molar-refractivity contribution in [2.24, 2.45) is 0 Å². The zero-order chi connectivity index (χ0) is 13.0. The Labute approximate surface area is 113 Å². The highest BCUT2D eigenvalue weighted by molar-refractivity contribution is 7.98. The van der Waals surface area contributed by atoms with Crippen molar-refractivity contribution in [1.29, 1.82) is 0 Å². The summed E-state index contributed by atoms with van der Waals surface area (Å²) in [7, 11) is 2.07. The van der Waals surface area contributed by atoms with Crippen molar-refractivity contribution in [3.8, 4) is 0 Å². The summed E-state index contributed by atoms with van der Waals surface area (Å²) in [4.78, 5) is 10.8. The molecule has 17 heavy (non-hydrogen) atoms. The maximum atomic E-state index is 6.09. The minimum Gasteiger partial charge on any atom is -0.357 e. The van der Waals surface area contributed by atoms with Crippen LogP contribution < -0.4 is 4.90 Å². The van der Waals surface area contributed by atoms with Crippen LogP contribution in [-0.4, -0.2) is 35.1 Å².